The first-order valence-corrected chi connectivity index (χ1v) is 10.2. The molecule has 0 saturated carbocycles. The zero-order chi connectivity index (χ0) is 18.4. The monoisotopic (exact) mass is 388 g/mol. The maximum atomic E-state index is 12.4. The van der Waals surface area contributed by atoms with E-state index in [0.29, 0.717) is 16.6 Å². The fourth-order valence-electron chi connectivity index (χ4n) is 2.34. The van der Waals surface area contributed by atoms with Crippen LogP contribution in [0.15, 0.2) is 29.6 Å². The molecular formula is C18H20N4O2S2. The lowest BCUT2D eigenvalue weighted by molar-refractivity contribution is 0.102. The molecule has 2 heterocycles. The summed E-state index contributed by atoms with van der Waals surface area (Å²) in [4.78, 5) is 17.5. The van der Waals surface area contributed by atoms with Gasteiger partial charge in [-0.3, -0.25) is 10.1 Å². The van der Waals surface area contributed by atoms with Crippen molar-refractivity contribution in [3.8, 4) is 17.0 Å². The number of hydrogen-bond acceptors (Lipinski definition) is 7. The number of amides is 1. The molecule has 0 unspecified atom stereocenters. The fourth-order valence-corrected chi connectivity index (χ4v) is 3.66. The summed E-state index contributed by atoms with van der Waals surface area (Å²) in [6, 6.07) is 7.81. The number of thiazole rings is 1. The van der Waals surface area contributed by atoms with Gasteiger partial charge in [-0.15, -0.1) is 16.4 Å². The van der Waals surface area contributed by atoms with Gasteiger partial charge >= 0.3 is 0 Å². The highest BCUT2D eigenvalue weighted by atomic mass is 32.1. The van der Waals surface area contributed by atoms with Crippen LogP contribution < -0.4 is 10.1 Å². The molecule has 2 aromatic heterocycles. The molecule has 0 atom stereocenters. The molecule has 0 fully saturated rings. The smallest absolute Gasteiger partial charge is 0.271 e. The van der Waals surface area contributed by atoms with Crippen molar-refractivity contribution in [1.82, 2.24) is 14.6 Å². The van der Waals surface area contributed by atoms with Gasteiger partial charge in [-0.05, 0) is 48.6 Å². The third kappa shape index (κ3) is 4.44. The average molecular weight is 389 g/mol. The van der Waals surface area contributed by atoms with E-state index in [9.17, 15) is 4.79 Å². The van der Waals surface area contributed by atoms with Crippen LogP contribution in [0, 0.1) is 0 Å². The van der Waals surface area contributed by atoms with Crippen molar-refractivity contribution < 1.29 is 9.53 Å². The predicted octanol–water partition coefficient (Wildman–Crippen LogP) is 4.66. The lowest BCUT2D eigenvalue weighted by atomic mass is 10.2. The lowest BCUT2D eigenvalue weighted by Gasteiger charge is -2.04. The minimum absolute atomic E-state index is 0.201. The fraction of sp³-hybridized carbons (Fsp3) is 0.333. The van der Waals surface area contributed by atoms with E-state index in [1.807, 2.05) is 36.6 Å². The van der Waals surface area contributed by atoms with Crippen molar-refractivity contribution in [2.75, 3.05) is 11.9 Å². The van der Waals surface area contributed by atoms with Crippen LogP contribution in [-0.2, 0) is 6.42 Å². The van der Waals surface area contributed by atoms with Gasteiger partial charge < -0.3 is 4.74 Å². The molecule has 26 heavy (non-hydrogen) atoms. The van der Waals surface area contributed by atoms with Gasteiger partial charge in [-0.2, -0.15) is 0 Å². The quantitative estimate of drug-likeness (QED) is 0.607. The number of rotatable bonds is 8. The second-order valence-electron chi connectivity index (χ2n) is 5.66. The number of benzene rings is 1. The molecule has 1 aromatic carbocycles. The topological polar surface area (TPSA) is 77.0 Å². The molecule has 3 aromatic rings. The maximum absolute atomic E-state index is 12.4. The number of carbonyl (C=O) groups is 1. The van der Waals surface area contributed by atoms with E-state index in [1.54, 1.807) is 0 Å². The first kappa shape index (κ1) is 18.5. The molecule has 136 valence electrons. The highest BCUT2D eigenvalue weighted by Gasteiger charge is 2.17. The first-order valence-electron chi connectivity index (χ1n) is 8.52. The van der Waals surface area contributed by atoms with E-state index >= 15 is 0 Å². The van der Waals surface area contributed by atoms with Crippen LogP contribution in [0.25, 0.3) is 11.3 Å². The Morgan fingerprint density at radius 1 is 1.19 bits per heavy atom. The van der Waals surface area contributed by atoms with E-state index in [0.717, 1.165) is 53.5 Å². The molecule has 1 amide bonds. The molecule has 0 aliphatic rings. The summed E-state index contributed by atoms with van der Waals surface area (Å²) in [5.41, 5.74) is 2.55. The summed E-state index contributed by atoms with van der Waals surface area (Å²) >= 11 is 2.51. The first-order chi connectivity index (χ1) is 12.7. The largest absolute Gasteiger partial charge is 0.494 e. The molecule has 1 N–H and O–H groups in total. The van der Waals surface area contributed by atoms with Crippen molar-refractivity contribution in [2.24, 2.45) is 0 Å². The Labute approximate surface area is 160 Å². The molecular weight excluding hydrogens is 368 g/mol. The number of aryl methyl sites for hydroxylation is 1. The average Bonchev–Trinajstić information content (AvgIpc) is 3.30. The van der Waals surface area contributed by atoms with Gasteiger partial charge in [0.05, 0.1) is 18.0 Å². The van der Waals surface area contributed by atoms with Crippen LogP contribution in [0.5, 0.6) is 5.75 Å². The maximum Gasteiger partial charge on any atom is 0.271 e. The van der Waals surface area contributed by atoms with Crippen LogP contribution >= 0.6 is 22.9 Å². The summed E-state index contributed by atoms with van der Waals surface area (Å²) < 4.78 is 9.48. The van der Waals surface area contributed by atoms with Crippen LogP contribution in [0.2, 0.25) is 0 Å². The van der Waals surface area contributed by atoms with Gasteiger partial charge in [0.15, 0.2) is 5.13 Å². The van der Waals surface area contributed by atoms with Crippen molar-refractivity contribution >= 4 is 33.9 Å². The molecule has 0 aliphatic carbocycles. The van der Waals surface area contributed by atoms with Crippen LogP contribution in [0.1, 0.15) is 42.1 Å². The number of hydrogen-bond donors (Lipinski definition) is 1. The van der Waals surface area contributed by atoms with Crippen molar-refractivity contribution in [3.05, 3.63) is 40.2 Å². The summed E-state index contributed by atoms with van der Waals surface area (Å²) in [6.07, 6.45) is 2.64. The van der Waals surface area contributed by atoms with Gasteiger partial charge in [-0.1, -0.05) is 24.8 Å². The highest BCUT2D eigenvalue weighted by molar-refractivity contribution is 7.14. The summed E-state index contributed by atoms with van der Waals surface area (Å²) in [5, 5.41) is 9.36. The Kier molecular flexibility index (Phi) is 6.30. The molecule has 3 rings (SSSR count). The van der Waals surface area contributed by atoms with Gasteiger partial charge in [0, 0.05) is 10.9 Å². The number of carbonyl (C=O) groups excluding carboxylic acids is 1. The summed E-state index contributed by atoms with van der Waals surface area (Å²) in [7, 11) is 0. The van der Waals surface area contributed by atoms with E-state index in [4.69, 9.17) is 4.74 Å². The molecule has 8 heteroatoms. The zero-order valence-electron chi connectivity index (χ0n) is 14.7. The van der Waals surface area contributed by atoms with Crippen molar-refractivity contribution in [3.63, 3.8) is 0 Å². The van der Waals surface area contributed by atoms with Crippen LogP contribution in [-0.4, -0.2) is 27.1 Å². The number of ether oxygens (including phenoxy) is 1. The molecule has 0 spiro atoms. The minimum atomic E-state index is -0.201. The van der Waals surface area contributed by atoms with E-state index in [1.165, 1.54) is 11.3 Å². The second-order valence-corrected chi connectivity index (χ2v) is 7.28. The number of nitrogens with zero attached hydrogens (tertiary/aromatic N) is 3. The second kappa shape index (κ2) is 8.86. The number of aromatic nitrogens is 3. The normalized spacial score (nSPS) is 10.7. The summed E-state index contributed by atoms with van der Waals surface area (Å²) in [5.74, 6) is 0.646. The Morgan fingerprint density at radius 3 is 2.73 bits per heavy atom. The number of anilines is 1. The van der Waals surface area contributed by atoms with Gasteiger partial charge in [0.2, 0.25) is 0 Å². The molecule has 6 nitrogen and oxygen atoms in total. The molecule has 0 bridgehead atoms. The van der Waals surface area contributed by atoms with Crippen LogP contribution in [0.4, 0.5) is 5.13 Å². The van der Waals surface area contributed by atoms with Crippen molar-refractivity contribution in [1.29, 1.82) is 0 Å². The standard InChI is InChI=1S/C18H20N4O2S2/c1-3-5-14-16(26-22-21-14)17(23)20-18-19-15(11-25-18)12-6-8-13(9-7-12)24-10-4-2/h6-9,11H,3-5,10H2,1-2H3,(H,19,20,23). The third-order valence-electron chi connectivity index (χ3n) is 3.60. The third-order valence-corrected chi connectivity index (χ3v) is 5.12. The van der Waals surface area contributed by atoms with E-state index in [2.05, 4.69) is 26.8 Å². The highest BCUT2D eigenvalue weighted by Crippen LogP contribution is 2.27. The van der Waals surface area contributed by atoms with E-state index in [-0.39, 0.29) is 5.91 Å². The van der Waals surface area contributed by atoms with Crippen LogP contribution in [0.3, 0.4) is 0 Å². The van der Waals surface area contributed by atoms with Gasteiger partial charge in [0.25, 0.3) is 5.91 Å². The Balaban J connectivity index is 1.67. The lowest BCUT2D eigenvalue weighted by Crippen LogP contribution is -2.12. The van der Waals surface area contributed by atoms with Gasteiger partial charge in [-0.25, -0.2) is 4.98 Å². The molecule has 0 saturated heterocycles. The predicted molar refractivity (Wildman–Crippen MR) is 105 cm³/mol. The Hall–Kier alpha value is -2.32. The van der Waals surface area contributed by atoms with Crippen molar-refractivity contribution in [2.45, 2.75) is 33.1 Å². The molecule has 0 aliphatic heterocycles. The zero-order valence-corrected chi connectivity index (χ0v) is 16.3. The minimum Gasteiger partial charge on any atom is -0.494 e. The Morgan fingerprint density at radius 2 is 2.00 bits per heavy atom. The number of nitrogens with one attached hydrogen (secondary N) is 1. The van der Waals surface area contributed by atoms with Gasteiger partial charge in [0.1, 0.15) is 10.6 Å². The summed E-state index contributed by atoms with van der Waals surface area (Å²) in [6.45, 7) is 4.83. The molecule has 0 radical (unpaired) electrons. The Bertz CT molecular complexity index is 858. The SMILES string of the molecule is CCCOc1ccc(-c2csc(NC(=O)c3snnc3CCC)n2)cc1. The van der Waals surface area contributed by atoms with E-state index < -0.39 is 0 Å².